The zero-order valence-corrected chi connectivity index (χ0v) is 16.2. The number of nitrogens with one attached hydrogen (secondary N) is 2. The van der Waals surface area contributed by atoms with Gasteiger partial charge in [0.25, 0.3) is 5.91 Å². The van der Waals surface area contributed by atoms with Crippen molar-refractivity contribution in [2.45, 2.75) is 18.5 Å². The molecule has 2 atom stereocenters. The van der Waals surface area contributed by atoms with Gasteiger partial charge < -0.3 is 9.80 Å². The molecule has 2 aliphatic rings. The Balaban J connectivity index is 1.32. The minimum Gasteiger partial charge on any atom is -0.338 e. The Kier molecular flexibility index (Phi) is 5.62. The second kappa shape index (κ2) is 8.31. The first-order chi connectivity index (χ1) is 13.6. The molecule has 2 unspecified atom stereocenters. The maximum atomic E-state index is 12.9. The van der Waals surface area contributed by atoms with Crippen molar-refractivity contribution < 1.29 is 9.59 Å². The third-order valence-electron chi connectivity index (χ3n) is 5.39. The van der Waals surface area contributed by atoms with E-state index in [0.29, 0.717) is 43.2 Å². The summed E-state index contributed by atoms with van der Waals surface area (Å²) in [6, 6.07) is 17.0. The molecule has 2 heterocycles. The lowest BCUT2D eigenvalue weighted by molar-refractivity contribution is -0.134. The molecule has 0 aromatic heterocycles. The predicted molar refractivity (Wildman–Crippen MR) is 108 cm³/mol. The highest BCUT2D eigenvalue weighted by Crippen LogP contribution is 2.23. The summed E-state index contributed by atoms with van der Waals surface area (Å²) in [5.74, 6) is -0.00160. The summed E-state index contributed by atoms with van der Waals surface area (Å²) in [6.45, 7) is 2.09. The number of hydrogen-bond donors (Lipinski definition) is 2. The van der Waals surface area contributed by atoms with Gasteiger partial charge in [0, 0.05) is 32.2 Å². The van der Waals surface area contributed by atoms with Gasteiger partial charge in [0.1, 0.15) is 6.04 Å². The third-order valence-corrected chi connectivity index (χ3v) is 5.72. The normalized spacial score (nSPS) is 22.3. The van der Waals surface area contributed by atoms with Crippen LogP contribution in [0, 0.1) is 0 Å². The lowest BCUT2D eigenvalue weighted by atomic mass is 10.0. The van der Waals surface area contributed by atoms with E-state index in [1.165, 1.54) is 5.56 Å². The van der Waals surface area contributed by atoms with E-state index in [4.69, 9.17) is 11.6 Å². The monoisotopic (exact) mass is 398 g/mol. The Morgan fingerprint density at radius 2 is 1.50 bits per heavy atom. The average molecular weight is 399 g/mol. The number of piperazine rings is 1. The van der Waals surface area contributed by atoms with Crippen molar-refractivity contribution in [2.75, 3.05) is 26.2 Å². The largest absolute Gasteiger partial charge is 0.338 e. The highest BCUT2D eigenvalue weighted by molar-refractivity contribution is 6.33. The second-order valence-electron chi connectivity index (χ2n) is 7.14. The molecule has 0 radical (unpaired) electrons. The number of carbonyl (C=O) groups excluding carboxylic acids is 2. The second-order valence-corrected chi connectivity index (χ2v) is 7.54. The van der Waals surface area contributed by atoms with Crippen molar-refractivity contribution in [1.29, 1.82) is 0 Å². The summed E-state index contributed by atoms with van der Waals surface area (Å²) >= 11 is 6.14. The highest BCUT2D eigenvalue weighted by atomic mass is 35.5. The molecule has 0 aliphatic carbocycles. The van der Waals surface area contributed by atoms with E-state index < -0.39 is 0 Å². The van der Waals surface area contributed by atoms with E-state index in [2.05, 4.69) is 23.0 Å². The number of benzene rings is 2. The molecule has 2 saturated heterocycles. The van der Waals surface area contributed by atoms with Gasteiger partial charge in [-0.1, -0.05) is 54.1 Å². The minimum atomic E-state index is -0.254. The van der Waals surface area contributed by atoms with Gasteiger partial charge in [-0.15, -0.1) is 0 Å². The van der Waals surface area contributed by atoms with Crippen LogP contribution in [0.2, 0.25) is 5.02 Å². The Hall–Kier alpha value is -2.41. The van der Waals surface area contributed by atoms with Crippen LogP contribution in [0.1, 0.15) is 28.4 Å². The molecule has 2 fully saturated rings. The van der Waals surface area contributed by atoms with Crippen molar-refractivity contribution in [1.82, 2.24) is 20.7 Å². The number of carbonyl (C=O) groups is 2. The molecule has 28 heavy (non-hydrogen) atoms. The summed E-state index contributed by atoms with van der Waals surface area (Å²) in [5, 5.41) is 0.458. The fourth-order valence-corrected chi connectivity index (χ4v) is 3.99. The standard InChI is InChI=1S/C21H23ClN4O2/c22-17-9-5-4-8-16(17)20(27)25-10-12-26(13-11-25)21(28)19-14-18(23-24-19)15-6-2-1-3-7-15/h1-9,18-19,23-24H,10-14H2. The lowest BCUT2D eigenvalue weighted by Gasteiger charge is -2.36. The fraction of sp³-hybridized carbons (Fsp3) is 0.333. The van der Waals surface area contributed by atoms with Crippen LogP contribution in [0.4, 0.5) is 0 Å². The van der Waals surface area contributed by atoms with E-state index in [1.54, 1.807) is 29.2 Å². The van der Waals surface area contributed by atoms with E-state index in [-0.39, 0.29) is 23.9 Å². The van der Waals surface area contributed by atoms with Crippen molar-refractivity contribution in [2.24, 2.45) is 0 Å². The maximum absolute atomic E-state index is 12.9. The smallest absolute Gasteiger partial charge is 0.255 e. The first-order valence-corrected chi connectivity index (χ1v) is 9.90. The number of nitrogens with zero attached hydrogens (tertiary/aromatic N) is 2. The van der Waals surface area contributed by atoms with Gasteiger partial charge in [-0.3, -0.25) is 9.59 Å². The van der Waals surface area contributed by atoms with Gasteiger partial charge in [-0.2, -0.15) is 0 Å². The lowest BCUT2D eigenvalue weighted by Crippen LogP contribution is -2.54. The molecule has 2 N–H and O–H groups in total. The summed E-state index contributed by atoms with van der Waals surface area (Å²) < 4.78 is 0. The molecule has 2 amide bonds. The summed E-state index contributed by atoms with van der Waals surface area (Å²) in [4.78, 5) is 29.1. The zero-order chi connectivity index (χ0) is 19.5. The molecule has 2 aromatic rings. The fourth-order valence-electron chi connectivity index (χ4n) is 3.78. The van der Waals surface area contributed by atoms with E-state index in [9.17, 15) is 9.59 Å². The first-order valence-electron chi connectivity index (χ1n) is 9.52. The van der Waals surface area contributed by atoms with Crippen LogP contribution in [-0.2, 0) is 4.79 Å². The van der Waals surface area contributed by atoms with Gasteiger partial charge in [0.05, 0.1) is 10.6 Å². The maximum Gasteiger partial charge on any atom is 0.255 e. The number of amides is 2. The summed E-state index contributed by atoms with van der Waals surface area (Å²) in [6.07, 6.45) is 0.710. The van der Waals surface area contributed by atoms with Crippen LogP contribution in [0.25, 0.3) is 0 Å². The van der Waals surface area contributed by atoms with Gasteiger partial charge in [-0.05, 0) is 24.1 Å². The van der Waals surface area contributed by atoms with Crippen molar-refractivity contribution >= 4 is 23.4 Å². The zero-order valence-electron chi connectivity index (χ0n) is 15.5. The molecule has 7 heteroatoms. The quantitative estimate of drug-likeness (QED) is 0.832. The van der Waals surface area contributed by atoms with Gasteiger partial charge in [-0.25, -0.2) is 10.9 Å². The Bertz CT molecular complexity index is 852. The summed E-state index contributed by atoms with van der Waals surface area (Å²) in [7, 11) is 0. The van der Waals surface area contributed by atoms with E-state index in [1.807, 2.05) is 23.1 Å². The topological polar surface area (TPSA) is 64.7 Å². The molecule has 2 aromatic carbocycles. The van der Waals surface area contributed by atoms with E-state index in [0.717, 1.165) is 0 Å². The minimum absolute atomic E-state index is 0.0794. The summed E-state index contributed by atoms with van der Waals surface area (Å²) in [5.41, 5.74) is 8.03. The van der Waals surface area contributed by atoms with Crippen LogP contribution in [-0.4, -0.2) is 53.8 Å². The Labute approximate surface area is 169 Å². The highest BCUT2D eigenvalue weighted by Gasteiger charge is 2.34. The van der Waals surface area contributed by atoms with Crippen molar-refractivity contribution in [3.63, 3.8) is 0 Å². The first kappa shape index (κ1) is 18.9. The molecule has 0 bridgehead atoms. The van der Waals surface area contributed by atoms with Crippen LogP contribution in [0.3, 0.4) is 0 Å². The Morgan fingerprint density at radius 3 is 2.21 bits per heavy atom. The SMILES string of the molecule is O=C(c1ccccc1Cl)N1CCN(C(=O)C2CC(c3ccccc3)NN2)CC1. The average Bonchev–Trinajstić information content (AvgIpc) is 3.24. The Morgan fingerprint density at radius 1 is 0.857 bits per heavy atom. The van der Waals surface area contributed by atoms with Crippen LogP contribution in [0.15, 0.2) is 54.6 Å². The number of halogens is 1. The molecule has 4 rings (SSSR count). The number of hydrazine groups is 1. The van der Waals surface area contributed by atoms with Gasteiger partial charge in [0.2, 0.25) is 5.91 Å². The predicted octanol–water partition coefficient (Wildman–Crippen LogP) is 2.23. The third kappa shape index (κ3) is 3.90. The van der Waals surface area contributed by atoms with Gasteiger partial charge in [0.15, 0.2) is 0 Å². The molecule has 146 valence electrons. The number of rotatable bonds is 3. The number of hydrogen-bond acceptors (Lipinski definition) is 4. The molecule has 6 nitrogen and oxygen atoms in total. The molecule has 0 spiro atoms. The van der Waals surface area contributed by atoms with Crippen LogP contribution >= 0.6 is 11.6 Å². The van der Waals surface area contributed by atoms with Crippen molar-refractivity contribution in [3.8, 4) is 0 Å². The van der Waals surface area contributed by atoms with Gasteiger partial charge >= 0.3 is 0 Å². The molecular formula is C21H23ClN4O2. The van der Waals surface area contributed by atoms with Crippen molar-refractivity contribution in [3.05, 3.63) is 70.7 Å². The van der Waals surface area contributed by atoms with E-state index >= 15 is 0 Å². The van der Waals surface area contributed by atoms with Crippen LogP contribution in [0.5, 0.6) is 0 Å². The molecule has 0 saturated carbocycles. The van der Waals surface area contributed by atoms with Crippen LogP contribution < -0.4 is 10.9 Å². The molecular weight excluding hydrogens is 376 g/mol. The molecule has 2 aliphatic heterocycles.